The Bertz CT molecular complexity index is 702. The number of nitrogens with zero attached hydrogens (tertiary/aromatic N) is 4. The number of amides is 1. The van der Waals surface area contributed by atoms with Crippen LogP contribution in [0, 0.1) is 12.7 Å². The van der Waals surface area contributed by atoms with Crippen molar-refractivity contribution in [1.82, 2.24) is 25.5 Å². The van der Waals surface area contributed by atoms with E-state index in [0.717, 1.165) is 18.4 Å². The smallest absolute Gasteiger partial charge is 0.245 e. The highest BCUT2D eigenvalue weighted by molar-refractivity contribution is 5.85. The average Bonchev–Trinajstić information content (AvgIpc) is 3.04. The Morgan fingerprint density at radius 2 is 1.92 bits per heavy atom. The minimum absolute atomic E-state index is 0. The summed E-state index contributed by atoms with van der Waals surface area (Å²) in [6.45, 7) is 6.10. The Hall–Kier alpha value is -2.06. The highest BCUT2D eigenvalue weighted by Crippen LogP contribution is 2.17. The summed E-state index contributed by atoms with van der Waals surface area (Å²) < 4.78 is 14.6. The number of rotatable bonds is 8. The zero-order chi connectivity index (χ0) is 18.4. The summed E-state index contributed by atoms with van der Waals surface area (Å²) in [6, 6.07) is 5.42. The summed E-state index contributed by atoms with van der Waals surface area (Å²) in [5, 5.41) is 14.3. The number of tetrazole rings is 1. The number of aromatic nitrogens is 4. The summed E-state index contributed by atoms with van der Waals surface area (Å²) in [4.78, 5) is 12.8. The maximum absolute atomic E-state index is 13.1. The number of aryl methyl sites for hydroxylation is 1. The van der Waals surface area contributed by atoms with Crippen molar-refractivity contribution < 1.29 is 9.18 Å². The van der Waals surface area contributed by atoms with E-state index in [4.69, 9.17) is 5.73 Å². The molecule has 0 spiro atoms. The Labute approximate surface area is 158 Å². The quantitative estimate of drug-likeness (QED) is 0.724. The average molecular weight is 385 g/mol. The first kappa shape index (κ1) is 22.0. The van der Waals surface area contributed by atoms with E-state index in [-0.39, 0.29) is 24.1 Å². The normalized spacial score (nSPS) is 12.3. The fourth-order valence-corrected chi connectivity index (χ4v) is 2.54. The molecule has 3 N–H and O–H groups in total. The van der Waals surface area contributed by atoms with Gasteiger partial charge >= 0.3 is 0 Å². The molecule has 2 aromatic rings. The molecule has 144 valence electrons. The van der Waals surface area contributed by atoms with Crippen molar-refractivity contribution in [2.45, 2.75) is 51.6 Å². The maximum atomic E-state index is 13.1. The van der Waals surface area contributed by atoms with Gasteiger partial charge in [0.1, 0.15) is 17.7 Å². The lowest BCUT2D eigenvalue weighted by molar-refractivity contribution is -0.125. The van der Waals surface area contributed by atoms with Crippen LogP contribution >= 0.6 is 12.4 Å². The third-order valence-corrected chi connectivity index (χ3v) is 4.62. The predicted octanol–water partition coefficient (Wildman–Crippen LogP) is 1.96. The molecule has 0 bridgehead atoms. The summed E-state index contributed by atoms with van der Waals surface area (Å²) >= 11 is 0. The van der Waals surface area contributed by atoms with E-state index in [1.807, 2.05) is 13.8 Å². The lowest BCUT2D eigenvalue weighted by atomic mass is 9.94. The van der Waals surface area contributed by atoms with Crippen molar-refractivity contribution >= 4 is 18.3 Å². The minimum Gasteiger partial charge on any atom is -0.352 e. The van der Waals surface area contributed by atoms with E-state index in [9.17, 15) is 9.18 Å². The molecule has 1 unspecified atom stereocenters. The van der Waals surface area contributed by atoms with Crippen molar-refractivity contribution in [3.8, 4) is 0 Å². The molecule has 1 amide bonds. The molecule has 0 fully saturated rings. The second-order valence-electron chi connectivity index (χ2n) is 6.30. The van der Waals surface area contributed by atoms with Gasteiger partial charge in [-0.1, -0.05) is 26.0 Å². The van der Waals surface area contributed by atoms with Gasteiger partial charge in [-0.3, -0.25) is 4.79 Å². The number of carbonyl (C=O) groups is 1. The van der Waals surface area contributed by atoms with Crippen molar-refractivity contribution in [3.63, 3.8) is 0 Å². The molecule has 0 aliphatic heterocycles. The van der Waals surface area contributed by atoms with E-state index in [2.05, 4.69) is 20.8 Å². The van der Waals surface area contributed by atoms with Gasteiger partial charge in [0.05, 0.1) is 0 Å². The summed E-state index contributed by atoms with van der Waals surface area (Å²) in [7, 11) is 0. The highest BCUT2D eigenvalue weighted by Gasteiger charge is 2.27. The van der Waals surface area contributed by atoms with Crippen LogP contribution in [0.5, 0.6) is 0 Å². The zero-order valence-electron chi connectivity index (χ0n) is 15.3. The molecule has 9 heteroatoms. The van der Waals surface area contributed by atoms with Crippen LogP contribution in [-0.2, 0) is 11.2 Å². The maximum Gasteiger partial charge on any atom is 0.245 e. The first-order valence-corrected chi connectivity index (χ1v) is 8.44. The van der Waals surface area contributed by atoms with Gasteiger partial charge < -0.3 is 11.1 Å². The van der Waals surface area contributed by atoms with Crippen LogP contribution < -0.4 is 11.1 Å². The Kier molecular flexibility index (Phi) is 8.10. The second-order valence-corrected chi connectivity index (χ2v) is 6.30. The monoisotopic (exact) mass is 384 g/mol. The van der Waals surface area contributed by atoms with Gasteiger partial charge in [-0.25, -0.2) is 9.07 Å². The van der Waals surface area contributed by atoms with Gasteiger partial charge in [-0.15, -0.1) is 17.5 Å². The molecule has 1 aromatic carbocycles. The fraction of sp³-hybridized carbons (Fsp3) is 0.529. The van der Waals surface area contributed by atoms with Gasteiger partial charge in [-0.05, 0) is 47.9 Å². The van der Waals surface area contributed by atoms with Crippen LogP contribution in [0.3, 0.4) is 0 Å². The molecule has 0 aliphatic rings. The first-order valence-electron chi connectivity index (χ1n) is 8.44. The van der Waals surface area contributed by atoms with E-state index in [0.29, 0.717) is 18.8 Å². The summed E-state index contributed by atoms with van der Waals surface area (Å²) in [5.74, 6) is 0.00543. The van der Waals surface area contributed by atoms with Crippen LogP contribution in [0.4, 0.5) is 4.39 Å². The molecule has 1 heterocycles. The van der Waals surface area contributed by atoms with E-state index >= 15 is 0 Å². The fourth-order valence-electron chi connectivity index (χ4n) is 2.54. The van der Waals surface area contributed by atoms with E-state index in [1.165, 1.54) is 16.8 Å². The van der Waals surface area contributed by atoms with Gasteiger partial charge in [0.25, 0.3) is 0 Å². The lowest BCUT2D eigenvalue weighted by Crippen LogP contribution is -2.50. The molecule has 0 saturated heterocycles. The van der Waals surface area contributed by atoms with Crippen LogP contribution in [0.2, 0.25) is 0 Å². The number of halogens is 2. The number of nitrogens with two attached hydrogens (primary N) is 1. The van der Waals surface area contributed by atoms with E-state index < -0.39 is 11.6 Å². The molecule has 0 radical (unpaired) electrons. The molecule has 7 nitrogen and oxygen atoms in total. The molecular formula is C17H26ClFN6O. The van der Waals surface area contributed by atoms with Crippen LogP contribution in [0.1, 0.15) is 44.1 Å². The van der Waals surface area contributed by atoms with Crippen molar-refractivity contribution in [2.75, 3.05) is 6.54 Å². The number of hydrogen-bond acceptors (Lipinski definition) is 5. The molecular weight excluding hydrogens is 359 g/mol. The van der Waals surface area contributed by atoms with Gasteiger partial charge in [-0.2, -0.15) is 0 Å². The van der Waals surface area contributed by atoms with Crippen LogP contribution in [0.25, 0.3) is 0 Å². The van der Waals surface area contributed by atoms with Crippen LogP contribution in [-0.4, -0.2) is 38.2 Å². The molecule has 0 saturated carbocycles. The van der Waals surface area contributed by atoms with Gasteiger partial charge in [0, 0.05) is 18.5 Å². The van der Waals surface area contributed by atoms with E-state index in [1.54, 1.807) is 19.1 Å². The topological polar surface area (TPSA) is 98.7 Å². The standard InChI is InChI=1S/C17H25FN6O.ClH/c1-4-17(19,5-2)11-20-16(25)15(24-12(3)21-22-23-24)10-13-6-8-14(18)9-7-13;/h6-9,15H,4-5,10-11,19H2,1-3H3,(H,20,25);1H. The van der Waals surface area contributed by atoms with Crippen LogP contribution in [0.15, 0.2) is 24.3 Å². The molecule has 0 aliphatic carbocycles. The SMILES string of the molecule is CCC(N)(CC)CNC(=O)C(Cc1ccc(F)cc1)n1nnnc1C.Cl. The number of hydrogen-bond donors (Lipinski definition) is 2. The van der Waals surface area contributed by atoms with Crippen molar-refractivity contribution in [1.29, 1.82) is 0 Å². The third-order valence-electron chi connectivity index (χ3n) is 4.62. The molecule has 1 aromatic heterocycles. The number of carbonyl (C=O) groups excluding carboxylic acids is 1. The molecule has 1 atom stereocenters. The number of nitrogens with one attached hydrogen (secondary N) is 1. The minimum atomic E-state index is -0.626. The van der Waals surface area contributed by atoms with Gasteiger partial charge in [0.15, 0.2) is 0 Å². The summed E-state index contributed by atoms with van der Waals surface area (Å²) in [6.07, 6.45) is 1.88. The Morgan fingerprint density at radius 3 is 2.42 bits per heavy atom. The molecule has 2 rings (SSSR count). The molecule has 26 heavy (non-hydrogen) atoms. The van der Waals surface area contributed by atoms with Crippen molar-refractivity contribution in [3.05, 3.63) is 41.5 Å². The second kappa shape index (κ2) is 9.59. The predicted molar refractivity (Wildman–Crippen MR) is 99.5 cm³/mol. The Balaban J connectivity index is 0.00000338. The van der Waals surface area contributed by atoms with Crippen molar-refractivity contribution in [2.24, 2.45) is 5.73 Å². The zero-order valence-corrected chi connectivity index (χ0v) is 16.1. The number of benzene rings is 1. The third kappa shape index (κ3) is 5.47. The highest BCUT2D eigenvalue weighted by atomic mass is 35.5. The first-order chi connectivity index (χ1) is 11.9. The summed E-state index contributed by atoms with van der Waals surface area (Å²) in [5.41, 5.74) is 6.64. The van der Waals surface area contributed by atoms with Gasteiger partial charge in [0.2, 0.25) is 5.91 Å². The lowest BCUT2D eigenvalue weighted by Gasteiger charge is -2.28. The largest absolute Gasteiger partial charge is 0.352 e. The Morgan fingerprint density at radius 1 is 1.31 bits per heavy atom.